The molecule has 0 radical (unpaired) electrons. The second-order valence-electron chi connectivity index (χ2n) is 4.57. The fourth-order valence-corrected chi connectivity index (χ4v) is 2.91. The Labute approximate surface area is 98.8 Å². The Morgan fingerprint density at radius 3 is 3.06 bits per heavy atom. The van der Waals surface area contributed by atoms with Gasteiger partial charge in [-0.05, 0) is 19.3 Å². The minimum absolute atomic E-state index is 0.0864. The molecule has 17 heavy (non-hydrogen) atoms. The lowest BCUT2D eigenvalue weighted by molar-refractivity contribution is 0.234. The first-order valence-corrected chi connectivity index (χ1v) is 5.76. The Kier molecular flexibility index (Phi) is 2.25. The van der Waals surface area contributed by atoms with Crippen LogP contribution < -0.4 is 5.32 Å². The summed E-state index contributed by atoms with van der Waals surface area (Å²) < 4.78 is 1.42. The van der Waals surface area contributed by atoms with Crippen molar-refractivity contribution >= 4 is 6.03 Å². The van der Waals surface area contributed by atoms with Gasteiger partial charge in [-0.25, -0.2) is 9.78 Å². The van der Waals surface area contributed by atoms with Crippen molar-refractivity contribution in [2.45, 2.75) is 37.4 Å². The SMILES string of the molecule is N#CN1C2CC[C@@H]1[C@H](NC(=O)n1ccnc1)C2. The largest absolute Gasteiger partial charge is 0.332 e. The fraction of sp³-hybridized carbons (Fsp3) is 0.545. The summed E-state index contributed by atoms with van der Waals surface area (Å²) >= 11 is 0. The molecule has 2 fully saturated rings. The van der Waals surface area contributed by atoms with E-state index in [0.717, 1.165) is 19.3 Å². The number of hydrogen-bond acceptors (Lipinski definition) is 4. The second-order valence-corrected chi connectivity index (χ2v) is 4.57. The zero-order valence-corrected chi connectivity index (χ0v) is 9.28. The highest BCUT2D eigenvalue weighted by molar-refractivity contribution is 5.76. The molecule has 0 spiro atoms. The van der Waals surface area contributed by atoms with Crippen LogP contribution in [0.3, 0.4) is 0 Å². The van der Waals surface area contributed by atoms with Crippen LogP contribution in [0.2, 0.25) is 0 Å². The van der Waals surface area contributed by atoms with Crippen molar-refractivity contribution in [2.24, 2.45) is 0 Å². The van der Waals surface area contributed by atoms with Gasteiger partial charge in [0.05, 0.1) is 12.1 Å². The highest BCUT2D eigenvalue weighted by Crippen LogP contribution is 2.36. The number of hydrogen-bond donors (Lipinski definition) is 1. The molecule has 2 aliphatic rings. The lowest BCUT2D eigenvalue weighted by Gasteiger charge is -2.21. The van der Waals surface area contributed by atoms with Crippen molar-refractivity contribution in [1.29, 1.82) is 5.26 Å². The third kappa shape index (κ3) is 1.55. The van der Waals surface area contributed by atoms with E-state index in [1.807, 2.05) is 4.90 Å². The minimum Gasteiger partial charge on any atom is -0.332 e. The molecule has 1 aromatic rings. The normalized spacial score (nSPS) is 30.3. The van der Waals surface area contributed by atoms with E-state index in [2.05, 4.69) is 16.5 Å². The van der Waals surface area contributed by atoms with Crippen LogP contribution in [0.15, 0.2) is 18.7 Å². The molecule has 0 aliphatic carbocycles. The molecule has 2 saturated heterocycles. The molecule has 3 heterocycles. The van der Waals surface area contributed by atoms with Gasteiger partial charge in [0, 0.05) is 18.4 Å². The van der Waals surface area contributed by atoms with Crippen LogP contribution in [-0.4, -0.2) is 38.6 Å². The van der Waals surface area contributed by atoms with Gasteiger partial charge in [0.2, 0.25) is 0 Å². The highest BCUT2D eigenvalue weighted by Gasteiger charge is 2.46. The fourth-order valence-electron chi connectivity index (χ4n) is 2.91. The molecule has 0 aromatic carbocycles. The number of nitrogens with one attached hydrogen (secondary N) is 1. The number of carbonyl (C=O) groups excluding carboxylic acids is 1. The van der Waals surface area contributed by atoms with Crippen molar-refractivity contribution in [2.75, 3.05) is 0 Å². The maximum Gasteiger partial charge on any atom is 0.327 e. The molecule has 1 unspecified atom stereocenters. The van der Waals surface area contributed by atoms with Gasteiger partial charge < -0.3 is 10.2 Å². The first kappa shape index (κ1) is 10.1. The molecule has 2 aliphatic heterocycles. The number of rotatable bonds is 1. The van der Waals surface area contributed by atoms with E-state index < -0.39 is 0 Å². The quantitative estimate of drug-likeness (QED) is 0.715. The van der Waals surface area contributed by atoms with Crippen LogP contribution in [0.25, 0.3) is 0 Å². The molecular weight excluding hydrogens is 218 g/mol. The summed E-state index contributed by atoms with van der Waals surface area (Å²) in [6.45, 7) is 0. The van der Waals surface area contributed by atoms with Crippen LogP contribution in [0.1, 0.15) is 19.3 Å². The van der Waals surface area contributed by atoms with Gasteiger partial charge in [0.25, 0.3) is 0 Å². The predicted molar refractivity (Wildman–Crippen MR) is 58.8 cm³/mol. The first-order valence-electron chi connectivity index (χ1n) is 5.76. The van der Waals surface area contributed by atoms with Crippen LogP contribution >= 0.6 is 0 Å². The second kappa shape index (κ2) is 3.77. The van der Waals surface area contributed by atoms with Gasteiger partial charge in [0.15, 0.2) is 6.19 Å². The van der Waals surface area contributed by atoms with Crippen LogP contribution in [0, 0.1) is 11.5 Å². The molecule has 88 valence electrons. The number of fused-ring (bicyclic) bond motifs is 2. The number of amides is 1. The average molecular weight is 231 g/mol. The van der Waals surface area contributed by atoms with E-state index >= 15 is 0 Å². The van der Waals surface area contributed by atoms with E-state index in [9.17, 15) is 4.79 Å². The van der Waals surface area contributed by atoms with Crippen LogP contribution in [-0.2, 0) is 0 Å². The summed E-state index contributed by atoms with van der Waals surface area (Å²) in [4.78, 5) is 17.5. The maximum atomic E-state index is 11.8. The topological polar surface area (TPSA) is 74.0 Å². The Hall–Kier alpha value is -2.03. The summed E-state index contributed by atoms with van der Waals surface area (Å²) in [5.74, 6) is 0. The zero-order valence-electron chi connectivity index (χ0n) is 9.28. The molecule has 1 amide bonds. The summed E-state index contributed by atoms with van der Waals surface area (Å²) in [6.07, 6.45) is 9.82. The molecule has 2 bridgehead atoms. The van der Waals surface area contributed by atoms with Crippen LogP contribution in [0.5, 0.6) is 0 Å². The molecular formula is C11H13N5O. The standard InChI is InChI=1S/C11H13N5O/c12-6-16-8-1-2-10(16)9(5-8)14-11(17)15-4-3-13-7-15/h3-4,7-10H,1-2,5H2,(H,14,17)/t8?,9-,10-/m1/s1. The Morgan fingerprint density at radius 2 is 2.41 bits per heavy atom. The van der Waals surface area contributed by atoms with Gasteiger partial charge in [-0.15, -0.1) is 0 Å². The number of imidazole rings is 1. The zero-order chi connectivity index (χ0) is 11.8. The summed E-state index contributed by atoms with van der Waals surface area (Å²) in [6, 6.07) is 0.414. The Bertz CT molecular complexity index is 463. The van der Waals surface area contributed by atoms with Crippen molar-refractivity contribution in [3.8, 4) is 6.19 Å². The molecule has 1 N–H and O–H groups in total. The first-order chi connectivity index (χ1) is 8.29. The molecule has 3 atom stereocenters. The third-order valence-corrected chi connectivity index (χ3v) is 3.70. The summed E-state index contributed by atoms with van der Waals surface area (Å²) in [5, 5.41) is 12.0. The number of aromatic nitrogens is 2. The lowest BCUT2D eigenvalue weighted by atomic mass is 9.96. The van der Waals surface area contributed by atoms with Gasteiger partial charge in [-0.1, -0.05) is 0 Å². The Balaban J connectivity index is 1.68. The smallest absolute Gasteiger partial charge is 0.327 e. The van der Waals surface area contributed by atoms with Crippen LogP contribution in [0.4, 0.5) is 4.79 Å². The van der Waals surface area contributed by atoms with E-state index in [1.54, 1.807) is 12.4 Å². The molecule has 1 aromatic heterocycles. The molecule has 6 nitrogen and oxygen atoms in total. The van der Waals surface area contributed by atoms with Crippen molar-refractivity contribution in [1.82, 2.24) is 19.8 Å². The highest BCUT2D eigenvalue weighted by atomic mass is 16.2. The third-order valence-electron chi connectivity index (χ3n) is 3.70. The van der Waals surface area contributed by atoms with E-state index in [-0.39, 0.29) is 18.1 Å². The number of carbonyl (C=O) groups is 1. The number of nitrogens with zero attached hydrogens (tertiary/aromatic N) is 4. The van der Waals surface area contributed by atoms with E-state index in [4.69, 9.17) is 5.26 Å². The summed E-state index contributed by atoms with van der Waals surface area (Å²) in [7, 11) is 0. The van der Waals surface area contributed by atoms with Gasteiger partial charge in [-0.2, -0.15) is 5.26 Å². The average Bonchev–Trinajstić information content (AvgIpc) is 3.04. The Morgan fingerprint density at radius 1 is 1.53 bits per heavy atom. The van der Waals surface area contributed by atoms with Crippen molar-refractivity contribution < 1.29 is 4.79 Å². The van der Waals surface area contributed by atoms with E-state index in [1.165, 1.54) is 10.9 Å². The summed E-state index contributed by atoms with van der Waals surface area (Å²) in [5.41, 5.74) is 0. The maximum absolute atomic E-state index is 11.8. The van der Waals surface area contributed by atoms with Gasteiger partial charge >= 0.3 is 6.03 Å². The van der Waals surface area contributed by atoms with Crippen molar-refractivity contribution in [3.63, 3.8) is 0 Å². The monoisotopic (exact) mass is 231 g/mol. The minimum atomic E-state index is -0.169. The van der Waals surface area contributed by atoms with E-state index in [0.29, 0.717) is 6.04 Å². The van der Waals surface area contributed by atoms with Gasteiger partial charge in [-0.3, -0.25) is 4.57 Å². The molecule has 0 saturated carbocycles. The molecule has 6 heteroatoms. The van der Waals surface area contributed by atoms with Gasteiger partial charge in [0.1, 0.15) is 6.33 Å². The molecule has 3 rings (SSSR count). The lowest BCUT2D eigenvalue weighted by Crippen LogP contribution is -2.44. The van der Waals surface area contributed by atoms with Crippen molar-refractivity contribution in [3.05, 3.63) is 18.7 Å². The predicted octanol–water partition coefficient (Wildman–Crippen LogP) is 0.527. The number of nitriles is 1.